The molecule has 0 saturated carbocycles. The standard InChI is InChI=1S/C21H31N3O3/c1-27-15-5-13-23-21(26)18-8-10-19(11-9-18)24-16-20(25)22-14-12-17-6-3-2-4-7-17/h6,8-11,24H,2-5,7,12-16H2,1H3,(H,22,25)(H,23,26). The van der Waals surface area contributed by atoms with Gasteiger partial charge in [-0.15, -0.1) is 0 Å². The van der Waals surface area contributed by atoms with Gasteiger partial charge >= 0.3 is 0 Å². The predicted octanol–water partition coefficient (Wildman–Crippen LogP) is 2.87. The van der Waals surface area contributed by atoms with Crippen molar-refractivity contribution < 1.29 is 14.3 Å². The highest BCUT2D eigenvalue weighted by molar-refractivity contribution is 5.94. The van der Waals surface area contributed by atoms with Gasteiger partial charge in [0.2, 0.25) is 5.91 Å². The molecule has 2 rings (SSSR count). The van der Waals surface area contributed by atoms with Crippen LogP contribution in [0.2, 0.25) is 0 Å². The predicted molar refractivity (Wildman–Crippen MR) is 108 cm³/mol. The SMILES string of the molecule is COCCCNC(=O)c1ccc(NCC(=O)NCCC2=CCCCC2)cc1. The summed E-state index contributed by atoms with van der Waals surface area (Å²) in [5, 5.41) is 8.88. The number of allylic oxidation sites excluding steroid dienone is 1. The molecule has 1 aromatic rings. The topological polar surface area (TPSA) is 79.5 Å². The third kappa shape index (κ3) is 8.26. The summed E-state index contributed by atoms with van der Waals surface area (Å²) in [6, 6.07) is 7.12. The Labute approximate surface area is 161 Å². The number of ether oxygens (including phenoxy) is 1. The molecule has 1 aromatic carbocycles. The van der Waals surface area contributed by atoms with E-state index in [1.807, 2.05) is 12.1 Å². The quantitative estimate of drug-likeness (QED) is 0.412. The lowest BCUT2D eigenvalue weighted by Gasteiger charge is -2.13. The van der Waals surface area contributed by atoms with E-state index in [9.17, 15) is 9.59 Å². The zero-order chi connectivity index (χ0) is 19.3. The maximum absolute atomic E-state index is 12.0. The zero-order valence-corrected chi connectivity index (χ0v) is 16.2. The Hall–Kier alpha value is -2.34. The second kappa shape index (κ2) is 12.1. The van der Waals surface area contributed by atoms with Gasteiger partial charge in [0, 0.05) is 38.1 Å². The van der Waals surface area contributed by atoms with Crippen molar-refractivity contribution >= 4 is 17.5 Å². The molecule has 0 unspecified atom stereocenters. The summed E-state index contributed by atoms with van der Waals surface area (Å²) < 4.78 is 4.95. The van der Waals surface area contributed by atoms with Crippen molar-refractivity contribution in [2.45, 2.75) is 38.5 Å². The van der Waals surface area contributed by atoms with Crippen LogP contribution in [0.5, 0.6) is 0 Å². The summed E-state index contributed by atoms with van der Waals surface area (Å²) in [6.45, 7) is 2.13. The van der Waals surface area contributed by atoms with Crippen LogP contribution < -0.4 is 16.0 Å². The van der Waals surface area contributed by atoms with Crippen LogP contribution in [0.3, 0.4) is 0 Å². The molecule has 0 atom stereocenters. The van der Waals surface area contributed by atoms with E-state index in [4.69, 9.17) is 4.74 Å². The number of hydrogen-bond acceptors (Lipinski definition) is 4. The molecule has 0 heterocycles. The highest BCUT2D eigenvalue weighted by atomic mass is 16.5. The largest absolute Gasteiger partial charge is 0.385 e. The molecule has 27 heavy (non-hydrogen) atoms. The van der Waals surface area contributed by atoms with Gasteiger partial charge in [0.15, 0.2) is 0 Å². The zero-order valence-electron chi connectivity index (χ0n) is 16.2. The fraction of sp³-hybridized carbons (Fsp3) is 0.524. The van der Waals surface area contributed by atoms with E-state index < -0.39 is 0 Å². The summed E-state index contributed by atoms with van der Waals surface area (Å²) in [7, 11) is 1.64. The number of anilines is 1. The molecule has 0 radical (unpaired) electrons. The van der Waals surface area contributed by atoms with Crippen molar-refractivity contribution in [2.75, 3.05) is 38.7 Å². The van der Waals surface area contributed by atoms with E-state index in [0.29, 0.717) is 25.3 Å². The summed E-state index contributed by atoms with van der Waals surface area (Å²) in [5.74, 6) is -0.126. The van der Waals surface area contributed by atoms with Gasteiger partial charge in [-0.05, 0) is 62.8 Å². The molecule has 1 aliphatic rings. The van der Waals surface area contributed by atoms with Gasteiger partial charge in [-0.25, -0.2) is 0 Å². The molecular weight excluding hydrogens is 342 g/mol. The summed E-state index contributed by atoms with van der Waals surface area (Å²) in [4.78, 5) is 23.9. The van der Waals surface area contributed by atoms with E-state index in [0.717, 1.165) is 18.5 Å². The van der Waals surface area contributed by atoms with Crippen molar-refractivity contribution in [2.24, 2.45) is 0 Å². The van der Waals surface area contributed by atoms with Gasteiger partial charge in [-0.2, -0.15) is 0 Å². The number of carbonyl (C=O) groups is 2. The van der Waals surface area contributed by atoms with Gasteiger partial charge in [0.05, 0.1) is 6.54 Å². The first kappa shape index (κ1) is 21.0. The Morgan fingerprint density at radius 1 is 1.07 bits per heavy atom. The Bertz CT molecular complexity index is 626. The van der Waals surface area contributed by atoms with Crippen LogP contribution in [-0.2, 0) is 9.53 Å². The van der Waals surface area contributed by atoms with E-state index in [-0.39, 0.29) is 18.4 Å². The number of carbonyl (C=O) groups excluding carboxylic acids is 2. The first-order valence-corrected chi connectivity index (χ1v) is 9.74. The minimum absolute atomic E-state index is 0.0219. The second-order valence-electron chi connectivity index (χ2n) is 6.74. The third-order valence-corrected chi connectivity index (χ3v) is 4.56. The van der Waals surface area contributed by atoms with Crippen molar-refractivity contribution in [3.63, 3.8) is 0 Å². The molecular formula is C21H31N3O3. The average molecular weight is 373 g/mol. The van der Waals surface area contributed by atoms with Crippen molar-refractivity contribution in [3.05, 3.63) is 41.5 Å². The molecule has 0 spiro atoms. The molecule has 1 aliphatic carbocycles. The highest BCUT2D eigenvalue weighted by Gasteiger charge is 2.07. The fourth-order valence-corrected chi connectivity index (χ4v) is 3.00. The smallest absolute Gasteiger partial charge is 0.251 e. The molecule has 0 aliphatic heterocycles. The minimum atomic E-state index is -0.104. The number of rotatable bonds is 11. The maximum atomic E-state index is 12.0. The molecule has 6 nitrogen and oxygen atoms in total. The lowest BCUT2D eigenvalue weighted by Crippen LogP contribution is -2.30. The van der Waals surface area contributed by atoms with Gasteiger partial charge in [-0.1, -0.05) is 11.6 Å². The number of amides is 2. The number of benzene rings is 1. The van der Waals surface area contributed by atoms with E-state index in [2.05, 4.69) is 22.0 Å². The van der Waals surface area contributed by atoms with Crippen LogP contribution >= 0.6 is 0 Å². The Balaban J connectivity index is 1.64. The lowest BCUT2D eigenvalue weighted by molar-refractivity contribution is -0.119. The van der Waals surface area contributed by atoms with E-state index in [1.54, 1.807) is 19.2 Å². The first-order valence-electron chi connectivity index (χ1n) is 9.74. The van der Waals surface area contributed by atoms with Crippen LogP contribution in [-0.4, -0.2) is 45.2 Å². The van der Waals surface area contributed by atoms with Crippen molar-refractivity contribution in [3.8, 4) is 0 Å². The highest BCUT2D eigenvalue weighted by Crippen LogP contribution is 2.19. The maximum Gasteiger partial charge on any atom is 0.251 e. The Morgan fingerprint density at radius 3 is 2.59 bits per heavy atom. The summed E-state index contributed by atoms with van der Waals surface area (Å²) >= 11 is 0. The summed E-state index contributed by atoms with van der Waals surface area (Å²) in [6.07, 6.45) is 8.93. The van der Waals surface area contributed by atoms with Crippen molar-refractivity contribution in [1.82, 2.24) is 10.6 Å². The molecule has 0 aromatic heterocycles. The Morgan fingerprint density at radius 2 is 1.89 bits per heavy atom. The van der Waals surface area contributed by atoms with Crippen LogP contribution in [0.4, 0.5) is 5.69 Å². The lowest BCUT2D eigenvalue weighted by atomic mass is 9.97. The molecule has 0 bridgehead atoms. The second-order valence-corrected chi connectivity index (χ2v) is 6.74. The summed E-state index contributed by atoms with van der Waals surface area (Å²) in [5.41, 5.74) is 2.88. The molecule has 0 fully saturated rings. The normalized spacial score (nSPS) is 13.6. The molecule has 0 saturated heterocycles. The molecule has 148 valence electrons. The van der Waals surface area contributed by atoms with Crippen LogP contribution in [0, 0.1) is 0 Å². The Kier molecular flexibility index (Phi) is 9.41. The minimum Gasteiger partial charge on any atom is -0.385 e. The van der Waals surface area contributed by atoms with E-state index in [1.165, 1.54) is 31.3 Å². The van der Waals surface area contributed by atoms with E-state index >= 15 is 0 Å². The van der Waals surface area contributed by atoms with Crippen molar-refractivity contribution in [1.29, 1.82) is 0 Å². The van der Waals surface area contributed by atoms with Crippen LogP contribution in [0.25, 0.3) is 0 Å². The number of hydrogen-bond donors (Lipinski definition) is 3. The third-order valence-electron chi connectivity index (χ3n) is 4.56. The molecule has 6 heteroatoms. The monoisotopic (exact) mass is 373 g/mol. The molecule has 3 N–H and O–H groups in total. The average Bonchev–Trinajstić information content (AvgIpc) is 2.71. The number of methoxy groups -OCH3 is 1. The molecule has 2 amide bonds. The van der Waals surface area contributed by atoms with Crippen LogP contribution in [0.15, 0.2) is 35.9 Å². The van der Waals surface area contributed by atoms with Gasteiger partial charge in [-0.3, -0.25) is 9.59 Å². The van der Waals surface area contributed by atoms with Gasteiger partial charge in [0.25, 0.3) is 5.91 Å². The fourth-order valence-electron chi connectivity index (χ4n) is 3.00. The van der Waals surface area contributed by atoms with Crippen LogP contribution in [0.1, 0.15) is 48.9 Å². The van der Waals surface area contributed by atoms with Gasteiger partial charge in [0.1, 0.15) is 0 Å². The first-order chi connectivity index (χ1) is 13.2. The van der Waals surface area contributed by atoms with Gasteiger partial charge < -0.3 is 20.7 Å². The number of nitrogens with one attached hydrogen (secondary N) is 3.